The molecule has 0 spiro atoms. The van der Waals surface area contributed by atoms with Crippen molar-refractivity contribution in [1.82, 2.24) is 0 Å². The monoisotopic (exact) mass is 522 g/mol. The fourth-order valence-corrected chi connectivity index (χ4v) is 8.49. The predicted octanol–water partition coefficient (Wildman–Crippen LogP) is 12.0. The Balaban J connectivity index is 1.10. The molecule has 1 aromatic rings. The summed E-state index contributed by atoms with van der Waals surface area (Å²) < 4.78 is 6.20. The van der Waals surface area contributed by atoms with Crippen molar-refractivity contribution < 1.29 is 4.74 Å². The second kappa shape index (κ2) is 15.7. The van der Waals surface area contributed by atoms with Crippen molar-refractivity contribution in [3.05, 3.63) is 29.8 Å². The SMILES string of the molecule is CCCCCCCCCC12CCC(c3ccc(OCCC[C@H]4CC[C@H](CCCCC)CC4)cc3)(CC1)CC2. The first-order valence-electron chi connectivity index (χ1n) is 17.4. The van der Waals surface area contributed by atoms with Gasteiger partial charge < -0.3 is 4.74 Å². The lowest BCUT2D eigenvalue weighted by Crippen LogP contribution is -2.44. The molecule has 0 atom stereocenters. The lowest BCUT2D eigenvalue weighted by Gasteiger charge is -2.54. The Labute approximate surface area is 237 Å². The molecule has 216 valence electrons. The van der Waals surface area contributed by atoms with E-state index in [1.54, 1.807) is 5.56 Å². The van der Waals surface area contributed by atoms with E-state index in [0.717, 1.165) is 24.2 Å². The second-order valence-corrected chi connectivity index (χ2v) is 14.0. The number of fused-ring (bicyclic) bond motifs is 3. The number of hydrogen-bond acceptors (Lipinski definition) is 1. The molecule has 1 nitrogen and oxygen atoms in total. The third-order valence-electron chi connectivity index (χ3n) is 11.4. The van der Waals surface area contributed by atoms with E-state index in [4.69, 9.17) is 4.74 Å². The largest absolute Gasteiger partial charge is 0.494 e. The minimum Gasteiger partial charge on any atom is -0.494 e. The van der Waals surface area contributed by atoms with Crippen molar-refractivity contribution in [2.45, 2.75) is 173 Å². The number of benzene rings is 1. The van der Waals surface area contributed by atoms with Crippen molar-refractivity contribution in [3.63, 3.8) is 0 Å². The van der Waals surface area contributed by atoms with Crippen LogP contribution in [0.25, 0.3) is 0 Å². The Bertz CT molecular complexity index is 731. The molecular weight excluding hydrogens is 460 g/mol. The van der Waals surface area contributed by atoms with Crippen LogP contribution in [0.4, 0.5) is 0 Å². The quantitative estimate of drug-likeness (QED) is 0.174. The molecular formula is C37H62O. The summed E-state index contributed by atoms with van der Waals surface area (Å²) in [7, 11) is 0. The molecule has 0 N–H and O–H groups in total. The van der Waals surface area contributed by atoms with E-state index in [1.807, 2.05) is 0 Å². The number of unbranched alkanes of at least 4 members (excludes halogenated alkanes) is 8. The molecule has 0 radical (unpaired) electrons. The van der Waals surface area contributed by atoms with Gasteiger partial charge in [0.1, 0.15) is 5.75 Å². The summed E-state index contributed by atoms with van der Waals surface area (Å²) in [6.45, 7) is 5.53. The zero-order chi connectivity index (χ0) is 26.5. The van der Waals surface area contributed by atoms with Crippen molar-refractivity contribution in [3.8, 4) is 5.75 Å². The molecule has 0 unspecified atom stereocenters. The van der Waals surface area contributed by atoms with Crippen LogP contribution in [0, 0.1) is 17.3 Å². The van der Waals surface area contributed by atoms with Gasteiger partial charge in [-0.2, -0.15) is 0 Å². The number of rotatable bonds is 18. The van der Waals surface area contributed by atoms with Crippen LogP contribution in [0.1, 0.15) is 174 Å². The molecule has 4 saturated carbocycles. The zero-order valence-electron chi connectivity index (χ0n) is 25.6. The first kappa shape index (κ1) is 30.0. The number of ether oxygens (including phenoxy) is 1. The molecule has 4 aliphatic rings. The van der Waals surface area contributed by atoms with Gasteiger partial charge in [0.15, 0.2) is 0 Å². The topological polar surface area (TPSA) is 9.23 Å². The normalized spacial score (nSPS) is 29.0. The van der Waals surface area contributed by atoms with Crippen LogP contribution in [-0.2, 0) is 5.41 Å². The number of hydrogen-bond donors (Lipinski definition) is 0. The third kappa shape index (κ3) is 8.76. The van der Waals surface area contributed by atoms with E-state index >= 15 is 0 Å². The fraction of sp³-hybridized carbons (Fsp3) is 0.838. The van der Waals surface area contributed by atoms with E-state index < -0.39 is 0 Å². The first-order chi connectivity index (χ1) is 18.7. The predicted molar refractivity (Wildman–Crippen MR) is 165 cm³/mol. The van der Waals surface area contributed by atoms with Gasteiger partial charge in [0, 0.05) is 0 Å². The summed E-state index contributed by atoms with van der Waals surface area (Å²) in [5, 5.41) is 0. The van der Waals surface area contributed by atoms with Gasteiger partial charge >= 0.3 is 0 Å². The lowest BCUT2D eigenvalue weighted by molar-refractivity contribution is 0.0304. The maximum absolute atomic E-state index is 6.20. The smallest absolute Gasteiger partial charge is 0.119 e. The molecule has 0 aliphatic heterocycles. The van der Waals surface area contributed by atoms with Gasteiger partial charge in [-0.25, -0.2) is 0 Å². The van der Waals surface area contributed by atoms with Crippen molar-refractivity contribution in [2.24, 2.45) is 17.3 Å². The Hall–Kier alpha value is -0.980. The Morgan fingerprint density at radius 3 is 1.74 bits per heavy atom. The summed E-state index contributed by atoms with van der Waals surface area (Å²) >= 11 is 0. The minimum absolute atomic E-state index is 0.468. The van der Waals surface area contributed by atoms with E-state index in [2.05, 4.69) is 38.1 Å². The van der Waals surface area contributed by atoms with E-state index in [0.29, 0.717) is 10.8 Å². The van der Waals surface area contributed by atoms with Gasteiger partial charge in [-0.1, -0.05) is 122 Å². The van der Waals surface area contributed by atoms with Crippen LogP contribution in [0.5, 0.6) is 5.75 Å². The molecule has 0 amide bonds. The highest BCUT2D eigenvalue weighted by Crippen LogP contribution is 2.59. The summed E-state index contributed by atoms with van der Waals surface area (Å²) in [5.74, 6) is 3.07. The molecule has 1 aromatic carbocycles. The van der Waals surface area contributed by atoms with E-state index in [-0.39, 0.29) is 0 Å². The van der Waals surface area contributed by atoms with Gasteiger partial charge in [0.05, 0.1) is 6.61 Å². The van der Waals surface area contributed by atoms with Gasteiger partial charge in [0.25, 0.3) is 0 Å². The van der Waals surface area contributed by atoms with Gasteiger partial charge in [-0.05, 0) is 98.1 Å². The molecule has 2 bridgehead atoms. The van der Waals surface area contributed by atoms with Crippen molar-refractivity contribution in [1.29, 1.82) is 0 Å². The first-order valence-corrected chi connectivity index (χ1v) is 17.4. The summed E-state index contributed by atoms with van der Waals surface area (Å²) in [6, 6.07) is 9.40. The van der Waals surface area contributed by atoms with Crippen LogP contribution < -0.4 is 4.74 Å². The Morgan fingerprint density at radius 1 is 0.605 bits per heavy atom. The standard InChI is InChI=1S/C37H62O/c1-3-5-7-8-9-10-12-24-36-25-28-37(29-26-36,30-27-36)34-20-22-35(23-21-34)38-31-13-15-33-18-16-32(17-19-33)14-11-6-4-2/h20-23,32-33H,3-19,24-31H2,1-2H3/t32-,33-,36?,37?. The summed E-state index contributed by atoms with van der Waals surface area (Å²) in [4.78, 5) is 0. The van der Waals surface area contributed by atoms with Crippen molar-refractivity contribution in [2.75, 3.05) is 6.61 Å². The molecule has 5 rings (SSSR count). The zero-order valence-corrected chi connectivity index (χ0v) is 25.6. The Kier molecular flexibility index (Phi) is 12.4. The molecule has 0 saturated heterocycles. The molecule has 0 heterocycles. The molecule has 1 heteroatoms. The molecule has 4 aliphatic carbocycles. The maximum Gasteiger partial charge on any atom is 0.119 e. The van der Waals surface area contributed by atoms with E-state index in [1.165, 1.54) is 154 Å². The highest BCUT2D eigenvalue weighted by molar-refractivity contribution is 5.34. The maximum atomic E-state index is 6.20. The lowest BCUT2D eigenvalue weighted by atomic mass is 9.51. The van der Waals surface area contributed by atoms with Crippen LogP contribution >= 0.6 is 0 Å². The van der Waals surface area contributed by atoms with Gasteiger partial charge in [0.2, 0.25) is 0 Å². The third-order valence-corrected chi connectivity index (χ3v) is 11.4. The van der Waals surface area contributed by atoms with Gasteiger partial charge in [-0.15, -0.1) is 0 Å². The second-order valence-electron chi connectivity index (χ2n) is 14.0. The van der Waals surface area contributed by atoms with Crippen LogP contribution in [0.2, 0.25) is 0 Å². The highest BCUT2D eigenvalue weighted by atomic mass is 16.5. The average Bonchev–Trinajstić information content (AvgIpc) is 2.97. The van der Waals surface area contributed by atoms with Gasteiger partial charge in [-0.3, -0.25) is 0 Å². The van der Waals surface area contributed by atoms with Crippen LogP contribution in [0.3, 0.4) is 0 Å². The minimum atomic E-state index is 0.468. The summed E-state index contributed by atoms with van der Waals surface area (Å²) in [5.41, 5.74) is 2.77. The Morgan fingerprint density at radius 2 is 1.13 bits per heavy atom. The van der Waals surface area contributed by atoms with Crippen molar-refractivity contribution >= 4 is 0 Å². The van der Waals surface area contributed by atoms with Crippen LogP contribution in [-0.4, -0.2) is 6.61 Å². The fourth-order valence-electron chi connectivity index (χ4n) is 8.49. The van der Waals surface area contributed by atoms with Crippen LogP contribution in [0.15, 0.2) is 24.3 Å². The average molecular weight is 523 g/mol. The molecule has 4 fully saturated rings. The molecule has 38 heavy (non-hydrogen) atoms. The summed E-state index contributed by atoms with van der Waals surface area (Å²) in [6.07, 6.45) is 34.5. The molecule has 0 aromatic heterocycles. The highest BCUT2D eigenvalue weighted by Gasteiger charge is 2.48. The van der Waals surface area contributed by atoms with E-state index in [9.17, 15) is 0 Å².